The molecule has 4 rings (SSSR count). The van der Waals surface area contributed by atoms with Gasteiger partial charge in [0.25, 0.3) is 0 Å². The van der Waals surface area contributed by atoms with Crippen molar-refractivity contribution in [2.45, 2.75) is 64.5 Å². The highest BCUT2D eigenvalue weighted by Crippen LogP contribution is 2.24. The minimum absolute atomic E-state index is 0. The van der Waals surface area contributed by atoms with Crippen LogP contribution in [0.3, 0.4) is 0 Å². The van der Waals surface area contributed by atoms with Gasteiger partial charge < -0.3 is 20.1 Å². The van der Waals surface area contributed by atoms with E-state index in [4.69, 9.17) is 0 Å². The number of aromatic nitrogens is 3. The predicted octanol–water partition coefficient (Wildman–Crippen LogP) is 3.69. The summed E-state index contributed by atoms with van der Waals surface area (Å²) in [6, 6.07) is 9.06. The molecule has 0 aliphatic carbocycles. The van der Waals surface area contributed by atoms with Gasteiger partial charge >= 0.3 is 0 Å². The first kappa shape index (κ1) is 23.8. The van der Waals surface area contributed by atoms with Crippen LogP contribution in [0, 0.1) is 0 Å². The molecular formula is C23H36IN7. The molecule has 2 aromatic rings. The molecule has 0 saturated carbocycles. The summed E-state index contributed by atoms with van der Waals surface area (Å²) in [6.07, 6.45) is 8.23. The van der Waals surface area contributed by atoms with Crippen LogP contribution in [0.5, 0.6) is 0 Å². The van der Waals surface area contributed by atoms with E-state index in [9.17, 15) is 0 Å². The molecule has 31 heavy (non-hydrogen) atoms. The molecule has 0 spiro atoms. The first-order chi connectivity index (χ1) is 14.7. The van der Waals surface area contributed by atoms with Crippen LogP contribution >= 0.6 is 24.0 Å². The second-order valence-corrected chi connectivity index (χ2v) is 8.40. The highest BCUT2D eigenvalue weighted by atomic mass is 127. The zero-order valence-corrected chi connectivity index (χ0v) is 21.1. The molecule has 8 heteroatoms. The Labute approximate surface area is 203 Å². The van der Waals surface area contributed by atoms with Crippen molar-refractivity contribution >= 4 is 35.6 Å². The van der Waals surface area contributed by atoms with Crippen molar-refractivity contribution in [3.05, 3.63) is 41.5 Å². The number of anilines is 1. The van der Waals surface area contributed by atoms with E-state index in [0.29, 0.717) is 0 Å². The van der Waals surface area contributed by atoms with Crippen molar-refractivity contribution in [3.8, 4) is 0 Å². The van der Waals surface area contributed by atoms with Gasteiger partial charge in [0.2, 0.25) is 0 Å². The Balaban J connectivity index is 0.00000272. The molecular weight excluding hydrogens is 501 g/mol. The molecule has 1 fully saturated rings. The third-order valence-electron chi connectivity index (χ3n) is 6.25. The van der Waals surface area contributed by atoms with Gasteiger partial charge in [-0.15, -0.1) is 34.2 Å². The molecule has 2 aliphatic heterocycles. The zero-order chi connectivity index (χ0) is 20.8. The van der Waals surface area contributed by atoms with Crippen molar-refractivity contribution in [1.82, 2.24) is 25.4 Å². The van der Waals surface area contributed by atoms with E-state index in [1.165, 1.54) is 56.4 Å². The second kappa shape index (κ2) is 11.7. The van der Waals surface area contributed by atoms with Crippen LogP contribution in [0.2, 0.25) is 0 Å². The third kappa shape index (κ3) is 6.11. The molecule has 1 unspecified atom stereocenters. The summed E-state index contributed by atoms with van der Waals surface area (Å²) in [6.45, 7) is 6.36. The fraction of sp³-hybridized carbons (Fsp3) is 0.609. The Morgan fingerprint density at radius 2 is 1.90 bits per heavy atom. The topological polar surface area (TPSA) is 70.4 Å². The summed E-state index contributed by atoms with van der Waals surface area (Å²) in [7, 11) is 1.83. The van der Waals surface area contributed by atoms with Gasteiger partial charge in [-0.1, -0.05) is 18.6 Å². The van der Waals surface area contributed by atoms with Crippen molar-refractivity contribution in [2.24, 2.45) is 4.99 Å². The Morgan fingerprint density at radius 3 is 2.71 bits per heavy atom. The van der Waals surface area contributed by atoms with E-state index < -0.39 is 0 Å². The fourth-order valence-electron chi connectivity index (χ4n) is 4.47. The van der Waals surface area contributed by atoms with Crippen LogP contribution in [0.4, 0.5) is 5.69 Å². The number of rotatable bonds is 6. The third-order valence-corrected chi connectivity index (χ3v) is 6.25. The Kier molecular flexibility index (Phi) is 8.98. The monoisotopic (exact) mass is 537 g/mol. The summed E-state index contributed by atoms with van der Waals surface area (Å²) in [5.41, 5.74) is 2.61. The molecule has 3 heterocycles. The van der Waals surface area contributed by atoms with E-state index >= 15 is 0 Å². The number of benzene rings is 1. The average molecular weight is 537 g/mol. The normalized spacial score (nSPS) is 17.5. The molecule has 0 amide bonds. The standard InChI is InChI=1S/C23H35N7.HI/c1-18(19-9-8-10-20(17-19)29-14-6-7-15-29)26-23(24-2)25-13-12-22-28-27-21-11-4-3-5-16-30(21)22;/h8-10,17-18H,3-7,11-16H2,1-2H3,(H2,24,25,26);1H. The molecule has 1 saturated heterocycles. The minimum atomic E-state index is 0. The number of guanidine groups is 1. The van der Waals surface area contributed by atoms with Crippen LogP contribution in [0.1, 0.15) is 62.3 Å². The molecule has 1 aromatic carbocycles. The van der Waals surface area contributed by atoms with Crippen LogP contribution in [0.25, 0.3) is 0 Å². The number of halogens is 1. The number of fused-ring (bicyclic) bond motifs is 1. The quantitative estimate of drug-likeness (QED) is 0.334. The lowest BCUT2D eigenvalue weighted by Crippen LogP contribution is -2.39. The second-order valence-electron chi connectivity index (χ2n) is 8.40. The molecule has 2 N–H and O–H groups in total. The lowest BCUT2D eigenvalue weighted by atomic mass is 10.1. The average Bonchev–Trinajstić information content (AvgIpc) is 3.38. The van der Waals surface area contributed by atoms with Gasteiger partial charge in [0.05, 0.1) is 6.04 Å². The predicted molar refractivity (Wildman–Crippen MR) is 137 cm³/mol. The maximum atomic E-state index is 4.43. The van der Waals surface area contributed by atoms with E-state index in [-0.39, 0.29) is 30.0 Å². The van der Waals surface area contributed by atoms with Gasteiger partial charge in [0.15, 0.2) is 5.96 Å². The summed E-state index contributed by atoms with van der Waals surface area (Å²) in [5.74, 6) is 3.06. The number of aliphatic imine (C=N–C) groups is 1. The maximum absolute atomic E-state index is 4.43. The number of aryl methyl sites for hydroxylation is 1. The van der Waals surface area contributed by atoms with Crippen LogP contribution in [-0.4, -0.2) is 47.4 Å². The summed E-state index contributed by atoms with van der Waals surface area (Å²) >= 11 is 0. The van der Waals surface area contributed by atoms with Crippen molar-refractivity contribution in [1.29, 1.82) is 0 Å². The number of hydrogen-bond donors (Lipinski definition) is 2. The van der Waals surface area contributed by atoms with Gasteiger partial charge in [0, 0.05) is 51.8 Å². The van der Waals surface area contributed by atoms with E-state index in [0.717, 1.165) is 43.5 Å². The number of hydrogen-bond acceptors (Lipinski definition) is 4. The molecule has 170 valence electrons. The fourth-order valence-corrected chi connectivity index (χ4v) is 4.47. The van der Waals surface area contributed by atoms with E-state index in [1.54, 1.807) is 0 Å². The minimum Gasteiger partial charge on any atom is -0.372 e. The lowest BCUT2D eigenvalue weighted by molar-refractivity contribution is 0.599. The highest BCUT2D eigenvalue weighted by Gasteiger charge is 2.16. The van der Waals surface area contributed by atoms with Gasteiger partial charge in [0.1, 0.15) is 11.6 Å². The van der Waals surface area contributed by atoms with Crippen molar-refractivity contribution < 1.29 is 0 Å². The first-order valence-electron chi connectivity index (χ1n) is 11.5. The number of nitrogens with one attached hydrogen (secondary N) is 2. The van der Waals surface area contributed by atoms with Gasteiger partial charge in [-0.3, -0.25) is 4.99 Å². The van der Waals surface area contributed by atoms with Crippen LogP contribution in [-0.2, 0) is 19.4 Å². The lowest BCUT2D eigenvalue weighted by Gasteiger charge is -2.22. The molecule has 0 radical (unpaired) electrons. The summed E-state index contributed by atoms with van der Waals surface area (Å²) in [5, 5.41) is 15.8. The van der Waals surface area contributed by atoms with Crippen molar-refractivity contribution in [3.63, 3.8) is 0 Å². The zero-order valence-electron chi connectivity index (χ0n) is 18.8. The summed E-state index contributed by atoms with van der Waals surface area (Å²) in [4.78, 5) is 6.89. The van der Waals surface area contributed by atoms with Gasteiger partial charge in [-0.05, 0) is 50.3 Å². The molecule has 1 aromatic heterocycles. The Bertz CT molecular complexity index is 857. The Hall–Kier alpha value is -1.84. The summed E-state index contributed by atoms with van der Waals surface area (Å²) < 4.78 is 2.32. The van der Waals surface area contributed by atoms with Gasteiger partial charge in [-0.2, -0.15) is 0 Å². The SMILES string of the molecule is CN=C(NCCc1nnc2n1CCCCC2)NC(C)c1cccc(N2CCCC2)c1.I. The van der Waals surface area contributed by atoms with E-state index in [2.05, 4.69) is 66.5 Å². The van der Waals surface area contributed by atoms with Crippen LogP contribution < -0.4 is 15.5 Å². The number of nitrogens with zero attached hydrogens (tertiary/aromatic N) is 5. The van der Waals surface area contributed by atoms with E-state index in [1.807, 2.05) is 7.05 Å². The smallest absolute Gasteiger partial charge is 0.191 e. The van der Waals surface area contributed by atoms with Gasteiger partial charge in [-0.25, -0.2) is 0 Å². The maximum Gasteiger partial charge on any atom is 0.191 e. The molecule has 0 bridgehead atoms. The first-order valence-corrected chi connectivity index (χ1v) is 11.5. The molecule has 7 nitrogen and oxygen atoms in total. The Morgan fingerprint density at radius 1 is 1.10 bits per heavy atom. The van der Waals surface area contributed by atoms with Crippen molar-refractivity contribution in [2.75, 3.05) is 31.6 Å². The van der Waals surface area contributed by atoms with Crippen LogP contribution in [0.15, 0.2) is 29.3 Å². The largest absolute Gasteiger partial charge is 0.372 e. The molecule has 2 aliphatic rings. The highest BCUT2D eigenvalue weighted by molar-refractivity contribution is 14.0. The molecule has 1 atom stereocenters.